The van der Waals surface area contributed by atoms with Crippen molar-refractivity contribution in [3.63, 3.8) is 0 Å². The Labute approximate surface area is 173 Å². The van der Waals surface area contributed by atoms with Crippen molar-refractivity contribution >= 4 is 5.95 Å². The molecule has 8 heteroatoms. The summed E-state index contributed by atoms with van der Waals surface area (Å²) in [5.41, 5.74) is 5.32. The molecule has 1 N–H and O–H groups in total. The standard InChI is InChI=1S/C22H21FN6O/c1-4-17-14(3)29-30-21(17)18-11-27-22(26-10-15-6-5-7-16(23)8-15)28-20(18)19-12-24-13(2)9-25-19/h5-9,11-12H,4,10H2,1-3H3,(H,26,27,28). The van der Waals surface area contributed by atoms with E-state index < -0.39 is 0 Å². The van der Waals surface area contributed by atoms with Gasteiger partial charge in [0.1, 0.15) is 17.2 Å². The van der Waals surface area contributed by atoms with Gasteiger partial charge in [-0.2, -0.15) is 0 Å². The van der Waals surface area contributed by atoms with Crippen LogP contribution in [0.1, 0.15) is 29.4 Å². The SMILES string of the molecule is CCc1c(C)noc1-c1cnc(NCc2cccc(F)c2)nc1-c1cnc(C)cn1. The van der Waals surface area contributed by atoms with E-state index in [9.17, 15) is 4.39 Å². The maximum atomic E-state index is 13.4. The Kier molecular flexibility index (Phi) is 5.47. The fourth-order valence-electron chi connectivity index (χ4n) is 3.19. The third-order valence-electron chi connectivity index (χ3n) is 4.73. The van der Waals surface area contributed by atoms with E-state index in [0.717, 1.165) is 28.9 Å². The minimum absolute atomic E-state index is 0.283. The van der Waals surface area contributed by atoms with Gasteiger partial charge in [-0.1, -0.05) is 24.2 Å². The summed E-state index contributed by atoms with van der Waals surface area (Å²) in [5, 5.41) is 7.24. The van der Waals surface area contributed by atoms with E-state index >= 15 is 0 Å². The zero-order chi connectivity index (χ0) is 21.1. The number of hydrogen-bond donors (Lipinski definition) is 1. The van der Waals surface area contributed by atoms with Crippen LogP contribution in [0.25, 0.3) is 22.7 Å². The summed E-state index contributed by atoms with van der Waals surface area (Å²) in [6.07, 6.45) is 5.82. The van der Waals surface area contributed by atoms with Gasteiger partial charge in [0.2, 0.25) is 5.95 Å². The number of hydrogen-bond acceptors (Lipinski definition) is 7. The average Bonchev–Trinajstić information content (AvgIpc) is 3.13. The Balaban J connectivity index is 1.74. The number of aromatic nitrogens is 5. The molecule has 0 bridgehead atoms. The lowest BCUT2D eigenvalue weighted by atomic mass is 10.0. The highest BCUT2D eigenvalue weighted by Gasteiger charge is 2.20. The van der Waals surface area contributed by atoms with Crippen LogP contribution < -0.4 is 5.32 Å². The fourth-order valence-corrected chi connectivity index (χ4v) is 3.19. The minimum atomic E-state index is -0.283. The Hall–Kier alpha value is -3.68. The normalized spacial score (nSPS) is 10.9. The number of rotatable bonds is 6. The van der Waals surface area contributed by atoms with Gasteiger partial charge in [-0.15, -0.1) is 0 Å². The molecule has 0 saturated heterocycles. The largest absolute Gasteiger partial charge is 0.356 e. The van der Waals surface area contributed by atoms with Gasteiger partial charge >= 0.3 is 0 Å². The molecule has 0 aliphatic rings. The number of aryl methyl sites for hydroxylation is 2. The van der Waals surface area contributed by atoms with Crippen LogP contribution in [0.2, 0.25) is 0 Å². The summed E-state index contributed by atoms with van der Waals surface area (Å²) < 4.78 is 19.0. The van der Waals surface area contributed by atoms with Crippen LogP contribution in [0.5, 0.6) is 0 Å². The first-order valence-electron chi connectivity index (χ1n) is 9.65. The van der Waals surface area contributed by atoms with Crippen LogP contribution in [0.15, 0.2) is 47.4 Å². The highest BCUT2D eigenvalue weighted by molar-refractivity contribution is 5.78. The molecule has 7 nitrogen and oxygen atoms in total. The Bertz CT molecular complexity index is 1170. The van der Waals surface area contributed by atoms with Crippen molar-refractivity contribution in [3.05, 3.63) is 71.2 Å². The molecule has 0 aliphatic carbocycles. The number of nitrogens with zero attached hydrogens (tertiary/aromatic N) is 5. The average molecular weight is 404 g/mol. The number of benzene rings is 1. The highest BCUT2D eigenvalue weighted by Crippen LogP contribution is 2.33. The molecule has 30 heavy (non-hydrogen) atoms. The van der Waals surface area contributed by atoms with Gasteiger partial charge in [-0.3, -0.25) is 9.97 Å². The van der Waals surface area contributed by atoms with Crippen LogP contribution >= 0.6 is 0 Å². The molecule has 0 radical (unpaired) electrons. The lowest BCUT2D eigenvalue weighted by Gasteiger charge is -2.10. The fraction of sp³-hybridized carbons (Fsp3) is 0.227. The predicted molar refractivity (Wildman–Crippen MR) is 111 cm³/mol. The van der Waals surface area contributed by atoms with Crippen molar-refractivity contribution in [2.45, 2.75) is 33.7 Å². The van der Waals surface area contributed by atoms with E-state index in [1.165, 1.54) is 12.1 Å². The number of nitrogens with one attached hydrogen (secondary N) is 1. The van der Waals surface area contributed by atoms with E-state index in [4.69, 9.17) is 4.52 Å². The molecule has 0 unspecified atom stereocenters. The van der Waals surface area contributed by atoms with Crippen molar-refractivity contribution in [2.75, 3.05) is 5.32 Å². The molecule has 3 heterocycles. The Morgan fingerprint density at radius 3 is 2.67 bits per heavy atom. The quantitative estimate of drug-likeness (QED) is 0.505. The summed E-state index contributed by atoms with van der Waals surface area (Å²) in [7, 11) is 0. The number of anilines is 1. The first-order chi connectivity index (χ1) is 14.5. The van der Waals surface area contributed by atoms with Gasteiger partial charge in [-0.05, 0) is 38.0 Å². The van der Waals surface area contributed by atoms with Crippen molar-refractivity contribution in [3.8, 4) is 22.7 Å². The molecule has 4 rings (SSSR count). The molecule has 3 aromatic heterocycles. The second kappa shape index (κ2) is 8.36. The summed E-state index contributed by atoms with van der Waals surface area (Å²) in [5.74, 6) is 0.743. The molecule has 0 amide bonds. The lowest BCUT2D eigenvalue weighted by molar-refractivity contribution is 0.426. The topological polar surface area (TPSA) is 89.6 Å². The van der Waals surface area contributed by atoms with Crippen LogP contribution in [0.3, 0.4) is 0 Å². The van der Waals surface area contributed by atoms with Crippen molar-refractivity contribution in [2.24, 2.45) is 0 Å². The van der Waals surface area contributed by atoms with E-state index in [1.807, 2.05) is 26.8 Å². The second-order valence-corrected chi connectivity index (χ2v) is 6.91. The zero-order valence-electron chi connectivity index (χ0n) is 17.0. The summed E-state index contributed by atoms with van der Waals surface area (Å²) >= 11 is 0. The smallest absolute Gasteiger partial charge is 0.223 e. The summed E-state index contributed by atoms with van der Waals surface area (Å²) in [6, 6.07) is 6.38. The van der Waals surface area contributed by atoms with Gasteiger partial charge in [0, 0.05) is 24.5 Å². The summed E-state index contributed by atoms with van der Waals surface area (Å²) in [4.78, 5) is 17.9. The monoisotopic (exact) mass is 404 g/mol. The lowest BCUT2D eigenvalue weighted by Crippen LogP contribution is -2.06. The molecule has 1 aromatic carbocycles. The molecule has 152 valence electrons. The first kappa shape index (κ1) is 19.6. The first-order valence-corrected chi connectivity index (χ1v) is 9.65. The minimum Gasteiger partial charge on any atom is -0.356 e. The van der Waals surface area contributed by atoms with E-state index in [1.54, 1.807) is 24.7 Å². The third-order valence-corrected chi connectivity index (χ3v) is 4.73. The molecule has 0 fully saturated rings. The van der Waals surface area contributed by atoms with E-state index in [2.05, 4.69) is 30.4 Å². The van der Waals surface area contributed by atoms with E-state index in [-0.39, 0.29) is 5.82 Å². The molecular weight excluding hydrogens is 383 g/mol. The Morgan fingerprint density at radius 2 is 1.93 bits per heavy atom. The Morgan fingerprint density at radius 1 is 1.07 bits per heavy atom. The van der Waals surface area contributed by atoms with Gasteiger partial charge in [0.05, 0.1) is 23.1 Å². The van der Waals surface area contributed by atoms with Crippen LogP contribution in [0.4, 0.5) is 10.3 Å². The van der Waals surface area contributed by atoms with Crippen LogP contribution in [-0.4, -0.2) is 25.1 Å². The molecular formula is C22H21FN6O. The second-order valence-electron chi connectivity index (χ2n) is 6.91. The van der Waals surface area contributed by atoms with Crippen molar-refractivity contribution < 1.29 is 8.91 Å². The van der Waals surface area contributed by atoms with Gasteiger partial charge in [0.15, 0.2) is 5.76 Å². The zero-order valence-corrected chi connectivity index (χ0v) is 17.0. The van der Waals surface area contributed by atoms with Gasteiger partial charge in [-0.25, -0.2) is 14.4 Å². The molecule has 0 atom stereocenters. The number of halogens is 1. The van der Waals surface area contributed by atoms with E-state index in [0.29, 0.717) is 35.2 Å². The maximum Gasteiger partial charge on any atom is 0.223 e. The summed E-state index contributed by atoms with van der Waals surface area (Å²) in [6.45, 7) is 6.22. The highest BCUT2D eigenvalue weighted by atomic mass is 19.1. The molecule has 0 spiro atoms. The van der Waals surface area contributed by atoms with Crippen LogP contribution in [0, 0.1) is 19.7 Å². The van der Waals surface area contributed by atoms with Crippen LogP contribution in [-0.2, 0) is 13.0 Å². The van der Waals surface area contributed by atoms with Gasteiger partial charge < -0.3 is 9.84 Å². The third kappa shape index (κ3) is 4.03. The molecule has 0 aliphatic heterocycles. The van der Waals surface area contributed by atoms with Gasteiger partial charge in [0.25, 0.3) is 0 Å². The maximum absolute atomic E-state index is 13.4. The molecule has 4 aromatic rings. The van der Waals surface area contributed by atoms with Crippen molar-refractivity contribution in [1.29, 1.82) is 0 Å². The molecule has 0 saturated carbocycles. The van der Waals surface area contributed by atoms with Crippen molar-refractivity contribution in [1.82, 2.24) is 25.1 Å². The predicted octanol–water partition coefficient (Wildman–Crippen LogP) is 4.52.